The van der Waals surface area contributed by atoms with Gasteiger partial charge in [-0.2, -0.15) is 0 Å². The number of benzene rings is 1. The Morgan fingerprint density at radius 2 is 2.00 bits per heavy atom. The fourth-order valence-electron chi connectivity index (χ4n) is 2.56. The standard InChI is InChI=1S/C12H15F2N/c1-12(2)6-10(15-3)8-4-7(13)5-9(14)11(8)12/h4-5,10,15H,6H2,1-3H3. The van der Waals surface area contributed by atoms with E-state index in [9.17, 15) is 8.78 Å². The summed E-state index contributed by atoms with van der Waals surface area (Å²) in [5, 5.41) is 3.10. The average molecular weight is 211 g/mol. The van der Waals surface area contributed by atoms with E-state index in [1.807, 2.05) is 20.9 Å². The van der Waals surface area contributed by atoms with Gasteiger partial charge in [-0.1, -0.05) is 13.8 Å². The van der Waals surface area contributed by atoms with Crippen LogP contribution < -0.4 is 5.32 Å². The van der Waals surface area contributed by atoms with Crippen LogP contribution in [-0.4, -0.2) is 7.05 Å². The van der Waals surface area contributed by atoms with Crippen molar-refractivity contribution in [1.29, 1.82) is 0 Å². The van der Waals surface area contributed by atoms with Gasteiger partial charge in [0.05, 0.1) is 0 Å². The summed E-state index contributed by atoms with van der Waals surface area (Å²) in [4.78, 5) is 0. The summed E-state index contributed by atoms with van der Waals surface area (Å²) in [6.45, 7) is 3.98. The molecule has 1 aliphatic rings. The maximum absolute atomic E-state index is 13.7. The molecule has 2 rings (SSSR count). The minimum Gasteiger partial charge on any atom is -0.313 e. The molecular formula is C12H15F2N. The summed E-state index contributed by atoms with van der Waals surface area (Å²) in [6, 6.07) is 2.47. The van der Waals surface area contributed by atoms with E-state index in [0.29, 0.717) is 5.56 Å². The molecule has 1 N–H and O–H groups in total. The van der Waals surface area contributed by atoms with Crippen LogP contribution in [0.2, 0.25) is 0 Å². The molecule has 15 heavy (non-hydrogen) atoms. The Bertz CT molecular complexity index is 399. The lowest BCUT2D eigenvalue weighted by Gasteiger charge is -2.19. The summed E-state index contributed by atoms with van der Waals surface area (Å²) in [7, 11) is 1.82. The molecule has 1 nitrogen and oxygen atoms in total. The molecule has 3 heteroatoms. The number of hydrogen-bond donors (Lipinski definition) is 1. The summed E-state index contributed by atoms with van der Waals surface area (Å²) >= 11 is 0. The van der Waals surface area contributed by atoms with E-state index in [-0.39, 0.29) is 11.5 Å². The first kappa shape index (κ1) is 10.6. The van der Waals surface area contributed by atoms with Crippen LogP contribution in [0, 0.1) is 11.6 Å². The summed E-state index contributed by atoms with van der Waals surface area (Å²) in [6.07, 6.45) is 0.805. The lowest BCUT2D eigenvalue weighted by atomic mass is 9.86. The molecule has 0 fully saturated rings. The minimum atomic E-state index is -0.496. The lowest BCUT2D eigenvalue weighted by Crippen LogP contribution is -2.17. The highest BCUT2D eigenvalue weighted by atomic mass is 19.1. The second kappa shape index (κ2) is 3.27. The van der Waals surface area contributed by atoms with Crippen molar-refractivity contribution in [3.05, 3.63) is 34.9 Å². The van der Waals surface area contributed by atoms with Crippen molar-refractivity contribution < 1.29 is 8.78 Å². The molecule has 1 aromatic carbocycles. The largest absolute Gasteiger partial charge is 0.313 e. The van der Waals surface area contributed by atoms with E-state index in [1.54, 1.807) is 0 Å². The van der Waals surface area contributed by atoms with Crippen LogP contribution in [0.1, 0.15) is 37.4 Å². The van der Waals surface area contributed by atoms with Crippen LogP contribution >= 0.6 is 0 Å². The van der Waals surface area contributed by atoms with Gasteiger partial charge >= 0.3 is 0 Å². The number of rotatable bonds is 1. The monoisotopic (exact) mass is 211 g/mol. The molecule has 0 radical (unpaired) electrons. The highest BCUT2D eigenvalue weighted by Crippen LogP contribution is 2.45. The predicted molar refractivity (Wildman–Crippen MR) is 55.8 cm³/mol. The molecule has 0 spiro atoms. The molecule has 0 saturated heterocycles. The molecule has 1 unspecified atom stereocenters. The van der Waals surface area contributed by atoms with Crippen molar-refractivity contribution in [2.75, 3.05) is 7.05 Å². The van der Waals surface area contributed by atoms with Crippen molar-refractivity contribution in [3.63, 3.8) is 0 Å². The fourth-order valence-corrected chi connectivity index (χ4v) is 2.56. The zero-order chi connectivity index (χ0) is 11.2. The van der Waals surface area contributed by atoms with Crippen molar-refractivity contribution >= 4 is 0 Å². The molecule has 0 bridgehead atoms. The maximum Gasteiger partial charge on any atom is 0.130 e. The second-order valence-corrected chi connectivity index (χ2v) is 4.78. The summed E-state index contributed by atoms with van der Waals surface area (Å²) in [5.41, 5.74) is 1.20. The lowest BCUT2D eigenvalue weighted by molar-refractivity contribution is 0.435. The molecule has 0 aliphatic heterocycles. The quantitative estimate of drug-likeness (QED) is 0.753. The molecular weight excluding hydrogens is 196 g/mol. The Balaban J connectivity index is 2.64. The van der Waals surface area contributed by atoms with Crippen LogP contribution in [0.25, 0.3) is 0 Å². The van der Waals surface area contributed by atoms with Crippen molar-refractivity contribution in [3.8, 4) is 0 Å². The van der Waals surface area contributed by atoms with Crippen LogP contribution in [0.4, 0.5) is 8.78 Å². The Morgan fingerprint density at radius 3 is 2.60 bits per heavy atom. The van der Waals surface area contributed by atoms with Gasteiger partial charge in [-0.15, -0.1) is 0 Å². The molecule has 0 heterocycles. The maximum atomic E-state index is 13.7. The SMILES string of the molecule is CNC1CC(C)(C)c2c(F)cc(F)cc21. The zero-order valence-electron chi connectivity index (χ0n) is 9.20. The number of hydrogen-bond acceptors (Lipinski definition) is 1. The topological polar surface area (TPSA) is 12.0 Å². The Labute approximate surface area is 88.5 Å². The smallest absolute Gasteiger partial charge is 0.130 e. The van der Waals surface area contributed by atoms with E-state index in [1.165, 1.54) is 6.07 Å². The number of fused-ring (bicyclic) bond motifs is 1. The first-order valence-electron chi connectivity index (χ1n) is 5.12. The summed E-state index contributed by atoms with van der Waals surface area (Å²) < 4.78 is 26.8. The number of halogens is 2. The van der Waals surface area contributed by atoms with E-state index in [2.05, 4.69) is 5.32 Å². The zero-order valence-corrected chi connectivity index (χ0v) is 9.20. The van der Waals surface area contributed by atoms with E-state index >= 15 is 0 Å². The Morgan fingerprint density at radius 1 is 1.33 bits per heavy atom. The molecule has 82 valence electrons. The molecule has 0 saturated carbocycles. The first-order valence-corrected chi connectivity index (χ1v) is 5.12. The Kier molecular flexibility index (Phi) is 2.30. The third-order valence-corrected chi connectivity index (χ3v) is 3.20. The van der Waals surface area contributed by atoms with E-state index < -0.39 is 11.6 Å². The number of nitrogens with one attached hydrogen (secondary N) is 1. The van der Waals surface area contributed by atoms with Crippen molar-refractivity contribution in [2.45, 2.75) is 31.7 Å². The molecule has 0 aromatic heterocycles. The Hall–Kier alpha value is -0.960. The van der Waals surface area contributed by atoms with Gasteiger partial charge in [0.2, 0.25) is 0 Å². The predicted octanol–water partition coefficient (Wildman–Crippen LogP) is 2.91. The van der Waals surface area contributed by atoms with E-state index in [4.69, 9.17) is 0 Å². The first-order chi connectivity index (χ1) is 6.95. The van der Waals surface area contributed by atoms with Crippen LogP contribution in [0.3, 0.4) is 0 Å². The normalized spacial score (nSPS) is 22.9. The molecule has 1 aliphatic carbocycles. The van der Waals surface area contributed by atoms with E-state index in [0.717, 1.165) is 18.1 Å². The van der Waals surface area contributed by atoms with Gasteiger partial charge < -0.3 is 5.32 Å². The fraction of sp³-hybridized carbons (Fsp3) is 0.500. The van der Waals surface area contributed by atoms with Crippen LogP contribution in [0.15, 0.2) is 12.1 Å². The second-order valence-electron chi connectivity index (χ2n) is 4.78. The molecule has 1 atom stereocenters. The minimum absolute atomic E-state index is 0.0557. The van der Waals surface area contributed by atoms with Crippen molar-refractivity contribution in [2.24, 2.45) is 0 Å². The van der Waals surface area contributed by atoms with Gasteiger partial charge in [0.25, 0.3) is 0 Å². The van der Waals surface area contributed by atoms with Gasteiger partial charge in [0, 0.05) is 12.1 Å². The van der Waals surface area contributed by atoms with Gasteiger partial charge in [-0.25, -0.2) is 8.78 Å². The van der Waals surface area contributed by atoms with Crippen molar-refractivity contribution in [1.82, 2.24) is 5.32 Å². The summed E-state index contributed by atoms with van der Waals surface area (Å²) in [5.74, 6) is -0.919. The van der Waals surface area contributed by atoms with Gasteiger partial charge in [0.1, 0.15) is 11.6 Å². The van der Waals surface area contributed by atoms with Crippen LogP contribution in [0.5, 0.6) is 0 Å². The van der Waals surface area contributed by atoms with Gasteiger partial charge in [-0.05, 0) is 36.1 Å². The molecule has 1 aromatic rings. The third kappa shape index (κ3) is 1.55. The van der Waals surface area contributed by atoms with Crippen LogP contribution in [-0.2, 0) is 5.41 Å². The van der Waals surface area contributed by atoms with Gasteiger partial charge in [0.15, 0.2) is 0 Å². The third-order valence-electron chi connectivity index (χ3n) is 3.20. The molecule has 0 amide bonds. The highest BCUT2D eigenvalue weighted by Gasteiger charge is 2.38. The highest BCUT2D eigenvalue weighted by molar-refractivity contribution is 5.42. The van der Waals surface area contributed by atoms with Gasteiger partial charge in [-0.3, -0.25) is 0 Å². The average Bonchev–Trinajstić information content (AvgIpc) is 2.37.